The van der Waals surface area contributed by atoms with Crippen LogP contribution in [-0.4, -0.2) is 33.5 Å². The standard InChI is InChI=1S/C21H18F3IN4O4S/c1-26-34(31,32)29-20-19(24)11(5-6-27-20)7-12-8-14(21(30)33-2)18(10-15(12)22)28-17-4-3-13(25)9-16(17)23/h3-6,8-10,26,28H,7H2,1-2H3,(H,27,29). The average Bonchev–Trinajstić information content (AvgIpc) is 2.79. The largest absolute Gasteiger partial charge is 0.465 e. The zero-order chi connectivity index (χ0) is 25.0. The lowest BCUT2D eigenvalue weighted by molar-refractivity contribution is 0.0601. The number of methoxy groups -OCH3 is 1. The highest BCUT2D eigenvalue weighted by Gasteiger charge is 2.20. The Labute approximate surface area is 207 Å². The van der Waals surface area contributed by atoms with Gasteiger partial charge in [-0.1, -0.05) is 0 Å². The minimum absolute atomic E-state index is 0.0133. The van der Waals surface area contributed by atoms with E-state index in [1.54, 1.807) is 6.07 Å². The maximum Gasteiger partial charge on any atom is 0.339 e. The number of anilines is 3. The van der Waals surface area contributed by atoms with Crippen LogP contribution in [0, 0.1) is 21.0 Å². The van der Waals surface area contributed by atoms with E-state index in [0.717, 1.165) is 32.5 Å². The fourth-order valence-corrected chi connectivity index (χ4v) is 3.90. The predicted molar refractivity (Wildman–Crippen MR) is 129 cm³/mol. The van der Waals surface area contributed by atoms with Crippen molar-refractivity contribution in [2.24, 2.45) is 0 Å². The molecule has 0 atom stereocenters. The van der Waals surface area contributed by atoms with Crippen molar-refractivity contribution in [3.63, 3.8) is 0 Å². The zero-order valence-corrected chi connectivity index (χ0v) is 20.7. The van der Waals surface area contributed by atoms with Crippen molar-refractivity contribution in [2.75, 3.05) is 24.2 Å². The van der Waals surface area contributed by atoms with Crippen LogP contribution in [0.1, 0.15) is 21.5 Å². The quantitative estimate of drug-likeness (QED) is 0.263. The van der Waals surface area contributed by atoms with Gasteiger partial charge in [-0.05, 0) is 70.1 Å². The second-order valence-corrected chi connectivity index (χ2v) is 9.71. The number of halogens is 4. The predicted octanol–water partition coefficient (Wildman–Crippen LogP) is 4.10. The fourth-order valence-electron chi connectivity index (χ4n) is 2.95. The lowest BCUT2D eigenvalue weighted by atomic mass is 10.0. The van der Waals surface area contributed by atoms with Gasteiger partial charge in [-0.2, -0.15) is 8.42 Å². The number of rotatable bonds is 8. The van der Waals surface area contributed by atoms with Crippen LogP contribution in [0.4, 0.5) is 30.4 Å². The molecule has 3 aromatic rings. The third-order valence-corrected chi connectivity index (χ3v) is 6.31. The molecule has 0 saturated carbocycles. The first-order valence-corrected chi connectivity index (χ1v) is 12.1. The Hall–Kier alpha value is -2.91. The van der Waals surface area contributed by atoms with E-state index in [4.69, 9.17) is 4.74 Å². The van der Waals surface area contributed by atoms with Crippen molar-refractivity contribution in [1.29, 1.82) is 0 Å². The Kier molecular flexibility index (Phi) is 7.99. The molecule has 0 saturated heterocycles. The number of esters is 1. The maximum atomic E-state index is 15.0. The number of nitrogens with one attached hydrogen (secondary N) is 3. The van der Waals surface area contributed by atoms with Crippen LogP contribution in [0.2, 0.25) is 0 Å². The van der Waals surface area contributed by atoms with Gasteiger partial charge < -0.3 is 10.1 Å². The lowest BCUT2D eigenvalue weighted by Crippen LogP contribution is -2.27. The summed E-state index contributed by atoms with van der Waals surface area (Å²) in [6.45, 7) is 0. The van der Waals surface area contributed by atoms with Crippen LogP contribution in [-0.2, 0) is 21.4 Å². The molecule has 34 heavy (non-hydrogen) atoms. The molecule has 8 nitrogen and oxygen atoms in total. The van der Waals surface area contributed by atoms with Gasteiger partial charge in [0.1, 0.15) is 11.6 Å². The summed E-state index contributed by atoms with van der Waals surface area (Å²) < 4.78 is 76.7. The lowest BCUT2D eigenvalue weighted by Gasteiger charge is -2.15. The Morgan fingerprint density at radius 1 is 1.06 bits per heavy atom. The highest BCUT2D eigenvalue weighted by Crippen LogP contribution is 2.29. The van der Waals surface area contributed by atoms with Gasteiger partial charge in [-0.15, -0.1) is 0 Å². The normalized spacial score (nSPS) is 11.2. The zero-order valence-electron chi connectivity index (χ0n) is 17.7. The topological polar surface area (TPSA) is 109 Å². The number of ether oxygens (including phenoxy) is 1. The van der Waals surface area contributed by atoms with Crippen molar-refractivity contribution in [1.82, 2.24) is 9.71 Å². The van der Waals surface area contributed by atoms with E-state index < -0.39 is 39.4 Å². The van der Waals surface area contributed by atoms with Crippen molar-refractivity contribution >= 4 is 56.0 Å². The summed E-state index contributed by atoms with van der Waals surface area (Å²) in [6.07, 6.45) is 0.817. The summed E-state index contributed by atoms with van der Waals surface area (Å²) in [5.74, 6) is -3.83. The summed E-state index contributed by atoms with van der Waals surface area (Å²) in [7, 11) is -1.77. The van der Waals surface area contributed by atoms with Crippen LogP contribution < -0.4 is 14.8 Å². The summed E-state index contributed by atoms with van der Waals surface area (Å²) in [5.41, 5.74) is -0.308. The van der Waals surface area contributed by atoms with E-state index in [9.17, 15) is 26.4 Å². The first-order valence-electron chi connectivity index (χ1n) is 9.52. The first-order chi connectivity index (χ1) is 16.0. The van der Waals surface area contributed by atoms with Crippen LogP contribution in [0.25, 0.3) is 0 Å². The van der Waals surface area contributed by atoms with E-state index in [1.165, 1.54) is 18.2 Å². The van der Waals surface area contributed by atoms with Gasteiger partial charge in [0.05, 0.1) is 24.0 Å². The number of hydrogen-bond acceptors (Lipinski definition) is 6. The minimum atomic E-state index is -4.03. The fraction of sp³-hybridized carbons (Fsp3) is 0.143. The molecule has 3 N–H and O–H groups in total. The van der Waals surface area contributed by atoms with E-state index >= 15 is 0 Å². The van der Waals surface area contributed by atoms with Crippen molar-refractivity contribution in [2.45, 2.75) is 6.42 Å². The first kappa shape index (κ1) is 25.7. The van der Waals surface area contributed by atoms with Crippen LogP contribution in [0.3, 0.4) is 0 Å². The third kappa shape index (κ3) is 5.95. The molecule has 0 spiro atoms. The number of carbonyl (C=O) groups excluding carboxylic acids is 1. The Bertz CT molecular complexity index is 1360. The Balaban J connectivity index is 2.00. The molecule has 0 bridgehead atoms. The highest BCUT2D eigenvalue weighted by molar-refractivity contribution is 14.1. The van der Waals surface area contributed by atoms with E-state index in [1.807, 2.05) is 32.0 Å². The molecule has 0 radical (unpaired) electrons. The molecular weight excluding hydrogens is 588 g/mol. The van der Waals surface area contributed by atoms with Gasteiger partial charge in [0.2, 0.25) is 0 Å². The molecular formula is C21H18F3IN4O4S. The summed E-state index contributed by atoms with van der Waals surface area (Å²) in [6, 6.07) is 7.70. The SMILES string of the molecule is CNS(=O)(=O)Nc1nccc(Cc2cc(C(=O)OC)c(Nc3ccc(I)cc3F)cc2F)c1F. The molecule has 1 aromatic heterocycles. The molecule has 180 valence electrons. The smallest absolute Gasteiger partial charge is 0.339 e. The second-order valence-electron chi connectivity index (χ2n) is 6.85. The Morgan fingerprint density at radius 3 is 2.44 bits per heavy atom. The number of pyridine rings is 1. The maximum absolute atomic E-state index is 15.0. The van der Waals surface area contributed by atoms with Gasteiger partial charge in [0, 0.05) is 23.2 Å². The van der Waals surface area contributed by atoms with Gasteiger partial charge >= 0.3 is 5.97 Å². The van der Waals surface area contributed by atoms with Gasteiger partial charge in [-0.3, -0.25) is 4.72 Å². The van der Waals surface area contributed by atoms with Crippen LogP contribution in [0.15, 0.2) is 42.6 Å². The van der Waals surface area contributed by atoms with Gasteiger partial charge in [0.25, 0.3) is 10.2 Å². The van der Waals surface area contributed by atoms with Gasteiger partial charge in [-0.25, -0.2) is 27.7 Å². The third-order valence-electron chi connectivity index (χ3n) is 4.64. The molecule has 0 unspecified atom stereocenters. The van der Waals surface area contributed by atoms with E-state index in [2.05, 4.69) is 10.3 Å². The number of benzene rings is 2. The van der Waals surface area contributed by atoms with Gasteiger partial charge in [0.15, 0.2) is 11.6 Å². The van der Waals surface area contributed by atoms with Crippen LogP contribution >= 0.6 is 22.6 Å². The van der Waals surface area contributed by atoms with Crippen molar-refractivity contribution in [3.8, 4) is 0 Å². The molecule has 0 fully saturated rings. The molecule has 2 aromatic carbocycles. The number of nitrogens with zero attached hydrogens (tertiary/aromatic N) is 1. The number of aromatic nitrogens is 1. The summed E-state index contributed by atoms with van der Waals surface area (Å²) in [4.78, 5) is 16.0. The minimum Gasteiger partial charge on any atom is -0.465 e. The molecule has 0 aliphatic heterocycles. The molecule has 0 aliphatic rings. The number of carbonyl (C=O) groups is 1. The van der Waals surface area contributed by atoms with E-state index in [0.29, 0.717) is 3.57 Å². The molecule has 3 rings (SSSR count). The van der Waals surface area contributed by atoms with Crippen molar-refractivity contribution < 1.29 is 31.1 Å². The molecule has 0 aliphatic carbocycles. The average molecular weight is 606 g/mol. The summed E-state index contributed by atoms with van der Waals surface area (Å²) >= 11 is 1.93. The Morgan fingerprint density at radius 2 is 1.79 bits per heavy atom. The second kappa shape index (κ2) is 10.6. The highest BCUT2D eigenvalue weighted by atomic mass is 127. The molecule has 13 heteroatoms. The summed E-state index contributed by atoms with van der Waals surface area (Å²) in [5, 5.41) is 2.68. The van der Waals surface area contributed by atoms with Crippen LogP contribution in [0.5, 0.6) is 0 Å². The molecule has 0 amide bonds. The van der Waals surface area contributed by atoms with Crippen molar-refractivity contribution in [3.05, 3.63) is 80.3 Å². The van der Waals surface area contributed by atoms with E-state index in [-0.39, 0.29) is 34.5 Å². The monoisotopic (exact) mass is 606 g/mol. The molecule has 1 heterocycles. The number of hydrogen-bond donors (Lipinski definition) is 3.